The number of benzene rings is 1. The summed E-state index contributed by atoms with van der Waals surface area (Å²) in [5.74, 6) is -0.0456. The number of non-ortho nitro benzene ring substituents is 1. The van der Waals surface area contributed by atoms with Crippen LogP contribution in [0.4, 0.5) is 5.69 Å². The molecule has 21 heavy (non-hydrogen) atoms. The van der Waals surface area contributed by atoms with Crippen LogP contribution in [0.25, 0.3) is 0 Å². The number of nitrogens with zero attached hydrogens (tertiary/aromatic N) is 2. The summed E-state index contributed by atoms with van der Waals surface area (Å²) in [5, 5.41) is 13.5. The smallest absolute Gasteiger partial charge is 0.269 e. The van der Waals surface area contributed by atoms with E-state index in [4.69, 9.17) is 0 Å². The van der Waals surface area contributed by atoms with Gasteiger partial charge in [0.15, 0.2) is 0 Å². The summed E-state index contributed by atoms with van der Waals surface area (Å²) < 4.78 is 0. The van der Waals surface area contributed by atoms with Gasteiger partial charge >= 0.3 is 0 Å². The summed E-state index contributed by atoms with van der Waals surface area (Å²) in [6.07, 6.45) is 2.79. The van der Waals surface area contributed by atoms with Crippen LogP contribution in [0.15, 0.2) is 24.3 Å². The number of carbonyl (C=O) groups is 1. The summed E-state index contributed by atoms with van der Waals surface area (Å²) >= 11 is 0. The molecule has 114 valence electrons. The molecule has 1 amide bonds. The van der Waals surface area contributed by atoms with E-state index in [1.807, 2.05) is 0 Å². The maximum atomic E-state index is 11.8. The van der Waals surface area contributed by atoms with E-state index in [0.717, 1.165) is 18.7 Å². The van der Waals surface area contributed by atoms with Crippen molar-refractivity contribution in [1.29, 1.82) is 0 Å². The van der Waals surface area contributed by atoms with Crippen LogP contribution in [0.1, 0.15) is 25.3 Å². The number of nitrogens with one attached hydrogen (secondary N) is 1. The quantitative estimate of drug-likeness (QED) is 0.584. The predicted molar refractivity (Wildman–Crippen MR) is 80.1 cm³/mol. The van der Waals surface area contributed by atoms with Gasteiger partial charge in [-0.3, -0.25) is 19.8 Å². The van der Waals surface area contributed by atoms with E-state index in [1.54, 1.807) is 12.1 Å². The van der Waals surface area contributed by atoms with Crippen molar-refractivity contribution in [1.82, 2.24) is 10.2 Å². The molecular weight excluding hydrogens is 270 g/mol. The molecule has 0 atom stereocenters. The fraction of sp³-hybridized carbons (Fsp3) is 0.533. The number of likely N-dealkylation sites (N-methyl/N-ethyl adjacent to an activating group) is 1. The average molecular weight is 291 g/mol. The van der Waals surface area contributed by atoms with Crippen molar-refractivity contribution in [2.45, 2.75) is 32.2 Å². The van der Waals surface area contributed by atoms with Crippen molar-refractivity contribution in [3.05, 3.63) is 39.9 Å². The van der Waals surface area contributed by atoms with Crippen molar-refractivity contribution >= 4 is 11.6 Å². The Balaban J connectivity index is 1.72. The molecule has 0 spiro atoms. The van der Waals surface area contributed by atoms with Gasteiger partial charge in [0, 0.05) is 31.3 Å². The highest BCUT2D eigenvalue weighted by molar-refractivity contribution is 5.78. The molecular formula is C15H21N3O3. The highest BCUT2D eigenvalue weighted by Crippen LogP contribution is 2.25. The summed E-state index contributed by atoms with van der Waals surface area (Å²) in [6.45, 7) is 4.68. The molecule has 1 aromatic carbocycles. The van der Waals surface area contributed by atoms with Gasteiger partial charge in [-0.1, -0.05) is 19.1 Å². The molecule has 0 bridgehead atoms. The van der Waals surface area contributed by atoms with Crippen molar-refractivity contribution in [3.63, 3.8) is 0 Å². The van der Waals surface area contributed by atoms with Crippen LogP contribution in [0, 0.1) is 10.1 Å². The number of hydrogen-bond donors (Lipinski definition) is 1. The molecule has 0 heterocycles. The van der Waals surface area contributed by atoms with E-state index >= 15 is 0 Å². The van der Waals surface area contributed by atoms with E-state index in [0.29, 0.717) is 12.6 Å². The molecule has 1 N–H and O–H groups in total. The number of rotatable bonds is 8. The van der Waals surface area contributed by atoms with E-state index in [-0.39, 0.29) is 18.0 Å². The monoisotopic (exact) mass is 291 g/mol. The van der Waals surface area contributed by atoms with Crippen LogP contribution in [-0.2, 0) is 11.2 Å². The maximum Gasteiger partial charge on any atom is 0.269 e. The third-order valence-electron chi connectivity index (χ3n) is 3.70. The first-order chi connectivity index (χ1) is 10.1. The molecule has 6 heteroatoms. The average Bonchev–Trinajstić information content (AvgIpc) is 3.29. The largest absolute Gasteiger partial charge is 0.355 e. The molecule has 2 rings (SSSR count). The SMILES string of the molecule is CCN(CCNC(=O)Cc1ccc([N+](=O)[O-])cc1)C1CC1. The Kier molecular flexibility index (Phi) is 5.27. The van der Waals surface area contributed by atoms with Gasteiger partial charge in [0.25, 0.3) is 5.69 Å². The van der Waals surface area contributed by atoms with Crippen LogP contribution in [-0.4, -0.2) is 41.4 Å². The van der Waals surface area contributed by atoms with Gasteiger partial charge in [-0.25, -0.2) is 0 Å². The van der Waals surface area contributed by atoms with E-state index < -0.39 is 4.92 Å². The van der Waals surface area contributed by atoms with E-state index in [1.165, 1.54) is 25.0 Å². The van der Waals surface area contributed by atoms with Crippen molar-refractivity contribution < 1.29 is 9.72 Å². The van der Waals surface area contributed by atoms with Crippen LogP contribution in [0.5, 0.6) is 0 Å². The third kappa shape index (κ3) is 4.82. The Bertz CT molecular complexity index is 497. The van der Waals surface area contributed by atoms with Gasteiger partial charge in [-0.05, 0) is 24.9 Å². The summed E-state index contributed by atoms with van der Waals surface area (Å²) in [6, 6.07) is 6.81. The maximum absolute atomic E-state index is 11.8. The molecule has 0 unspecified atom stereocenters. The first-order valence-electron chi connectivity index (χ1n) is 7.34. The van der Waals surface area contributed by atoms with Gasteiger partial charge in [0.1, 0.15) is 0 Å². The number of nitro benzene ring substituents is 1. The highest BCUT2D eigenvalue weighted by atomic mass is 16.6. The molecule has 0 aliphatic heterocycles. The number of hydrogen-bond acceptors (Lipinski definition) is 4. The zero-order chi connectivity index (χ0) is 15.2. The minimum absolute atomic E-state index is 0.0437. The Hall–Kier alpha value is -1.95. The first kappa shape index (κ1) is 15.4. The van der Waals surface area contributed by atoms with Crippen LogP contribution in [0.2, 0.25) is 0 Å². The molecule has 1 saturated carbocycles. The molecule has 1 fully saturated rings. The Morgan fingerprint density at radius 1 is 1.38 bits per heavy atom. The zero-order valence-electron chi connectivity index (χ0n) is 12.2. The van der Waals surface area contributed by atoms with Crippen molar-refractivity contribution in [3.8, 4) is 0 Å². The minimum atomic E-state index is -0.443. The molecule has 1 aliphatic carbocycles. The van der Waals surface area contributed by atoms with Gasteiger partial charge in [0.2, 0.25) is 5.91 Å². The normalized spacial score (nSPS) is 14.2. The molecule has 1 aliphatic rings. The standard InChI is InChI=1S/C15H21N3O3/c1-2-17(13-7-8-13)10-9-16-15(19)11-12-3-5-14(6-4-12)18(20)21/h3-6,13H,2,7-11H2,1H3,(H,16,19). The summed E-state index contributed by atoms with van der Waals surface area (Å²) in [4.78, 5) is 24.3. The van der Waals surface area contributed by atoms with E-state index in [2.05, 4.69) is 17.1 Å². The highest BCUT2D eigenvalue weighted by Gasteiger charge is 2.27. The lowest BCUT2D eigenvalue weighted by molar-refractivity contribution is -0.384. The third-order valence-corrected chi connectivity index (χ3v) is 3.70. The summed E-state index contributed by atoms with van der Waals surface area (Å²) in [7, 11) is 0. The molecule has 0 saturated heterocycles. The van der Waals surface area contributed by atoms with Gasteiger partial charge in [-0.15, -0.1) is 0 Å². The fourth-order valence-electron chi connectivity index (χ4n) is 2.36. The van der Waals surface area contributed by atoms with Gasteiger partial charge in [-0.2, -0.15) is 0 Å². The predicted octanol–water partition coefficient (Wildman–Crippen LogP) is 1.74. The zero-order valence-corrected chi connectivity index (χ0v) is 12.2. The Labute approximate surface area is 124 Å². The molecule has 6 nitrogen and oxygen atoms in total. The molecule has 0 radical (unpaired) electrons. The van der Waals surface area contributed by atoms with Gasteiger partial charge in [0.05, 0.1) is 11.3 Å². The lowest BCUT2D eigenvalue weighted by atomic mass is 10.1. The molecule has 1 aromatic rings. The number of amides is 1. The van der Waals surface area contributed by atoms with Crippen LogP contribution >= 0.6 is 0 Å². The van der Waals surface area contributed by atoms with Crippen molar-refractivity contribution in [2.24, 2.45) is 0 Å². The summed E-state index contributed by atoms with van der Waals surface area (Å²) in [5.41, 5.74) is 0.829. The van der Waals surface area contributed by atoms with Crippen LogP contribution in [0.3, 0.4) is 0 Å². The topological polar surface area (TPSA) is 75.5 Å². The Morgan fingerprint density at radius 2 is 2.05 bits per heavy atom. The Morgan fingerprint density at radius 3 is 2.57 bits per heavy atom. The number of nitro groups is 1. The molecule has 0 aromatic heterocycles. The second-order valence-corrected chi connectivity index (χ2v) is 5.31. The van der Waals surface area contributed by atoms with Gasteiger partial charge < -0.3 is 5.32 Å². The lowest BCUT2D eigenvalue weighted by Crippen LogP contribution is -2.36. The van der Waals surface area contributed by atoms with Crippen LogP contribution < -0.4 is 5.32 Å². The second kappa shape index (κ2) is 7.17. The minimum Gasteiger partial charge on any atom is -0.355 e. The van der Waals surface area contributed by atoms with E-state index in [9.17, 15) is 14.9 Å². The lowest BCUT2D eigenvalue weighted by Gasteiger charge is -2.19. The van der Waals surface area contributed by atoms with Crippen molar-refractivity contribution in [2.75, 3.05) is 19.6 Å². The number of carbonyl (C=O) groups excluding carboxylic acids is 1. The first-order valence-corrected chi connectivity index (χ1v) is 7.34. The fourth-order valence-corrected chi connectivity index (χ4v) is 2.36. The second-order valence-electron chi connectivity index (χ2n) is 5.31.